The van der Waals surface area contributed by atoms with Crippen LogP contribution in [0, 0.1) is 5.41 Å². The number of carbonyl (C=O) groups excluding carboxylic acids is 1. The van der Waals surface area contributed by atoms with E-state index in [0.29, 0.717) is 11.0 Å². The first-order valence-electron chi connectivity index (χ1n) is 6.37. The molecule has 1 amide bonds. The molecule has 4 nitrogen and oxygen atoms in total. The van der Waals surface area contributed by atoms with Gasteiger partial charge in [0.05, 0.1) is 0 Å². The lowest BCUT2D eigenvalue weighted by molar-refractivity contribution is 0.0706. The number of carbonyl (C=O) groups is 1. The minimum Gasteiger partial charge on any atom is -0.306 e. The van der Waals surface area contributed by atoms with Gasteiger partial charge in [-0.15, -0.1) is 0 Å². The lowest BCUT2D eigenvalue weighted by Gasteiger charge is -2.22. The highest BCUT2D eigenvalue weighted by molar-refractivity contribution is 5.93. The van der Waals surface area contributed by atoms with E-state index in [9.17, 15) is 4.79 Å². The van der Waals surface area contributed by atoms with Crippen molar-refractivity contribution < 1.29 is 10.0 Å². The summed E-state index contributed by atoms with van der Waals surface area (Å²) < 4.78 is 0. The molecule has 0 radical (unpaired) electrons. The summed E-state index contributed by atoms with van der Waals surface area (Å²) in [6, 6.07) is 5.75. The second-order valence-electron chi connectivity index (χ2n) is 5.77. The Balaban J connectivity index is 1.87. The molecule has 2 N–H and O–H groups in total. The van der Waals surface area contributed by atoms with Crippen molar-refractivity contribution in [2.75, 3.05) is 20.1 Å². The molecule has 0 bridgehead atoms. The first-order chi connectivity index (χ1) is 8.62. The molecule has 1 aliphatic heterocycles. The van der Waals surface area contributed by atoms with Gasteiger partial charge in [0, 0.05) is 12.1 Å². The molecule has 1 aromatic rings. The van der Waals surface area contributed by atoms with Gasteiger partial charge in [-0.2, -0.15) is 0 Å². The van der Waals surface area contributed by atoms with Crippen molar-refractivity contribution >= 4 is 5.91 Å². The van der Waals surface area contributed by atoms with Gasteiger partial charge in [0.2, 0.25) is 0 Å². The first-order valence-corrected chi connectivity index (χ1v) is 6.37. The van der Waals surface area contributed by atoms with Crippen molar-refractivity contribution in [3.8, 4) is 0 Å². The molecule has 1 saturated heterocycles. The topological polar surface area (TPSA) is 52.6 Å². The summed E-state index contributed by atoms with van der Waals surface area (Å²) in [6.45, 7) is 2.31. The second kappa shape index (κ2) is 4.07. The van der Waals surface area contributed by atoms with Crippen LogP contribution in [0.15, 0.2) is 18.2 Å². The smallest absolute Gasteiger partial charge is 0.274 e. The SMILES string of the molecule is CN1CC[C@]2(Cc3ccc(C(=O)NO)cc3C2)C1. The van der Waals surface area contributed by atoms with E-state index in [1.807, 2.05) is 12.1 Å². The average molecular weight is 246 g/mol. The van der Waals surface area contributed by atoms with E-state index < -0.39 is 5.91 Å². The Morgan fingerprint density at radius 1 is 1.39 bits per heavy atom. The minimum atomic E-state index is -0.428. The summed E-state index contributed by atoms with van der Waals surface area (Å²) in [4.78, 5) is 13.8. The lowest BCUT2D eigenvalue weighted by Crippen LogP contribution is -2.25. The van der Waals surface area contributed by atoms with Crippen LogP contribution in [0.4, 0.5) is 0 Å². The van der Waals surface area contributed by atoms with Crippen LogP contribution >= 0.6 is 0 Å². The third-order valence-corrected chi connectivity index (χ3v) is 4.33. The van der Waals surface area contributed by atoms with Crippen molar-refractivity contribution in [1.29, 1.82) is 0 Å². The maximum atomic E-state index is 11.4. The van der Waals surface area contributed by atoms with Gasteiger partial charge in [0.15, 0.2) is 0 Å². The van der Waals surface area contributed by atoms with E-state index in [0.717, 1.165) is 25.9 Å². The summed E-state index contributed by atoms with van der Waals surface area (Å²) in [7, 11) is 2.17. The molecule has 1 heterocycles. The molecular formula is C14H18N2O2. The lowest BCUT2D eigenvalue weighted by atomic mass is 9.84. The van der Waals surface area contributed by atoms with Gasteiger partial charge in [-0.3, -0.25) is 10.0 Å². The zero-order valence-corrected chi connectivity index (χ0v) is 10.6. The standard InChI is InChI=1S/C14H18N2O2/c1-16-5-4-14(9-16)7-11-3-2-10(13(17)15-18)6-12(11)8-14/h2-3,6,18H,4-5,7-9H2,1H3,(H,15,17)/t14-/m1/s1. The summed E-state index contributed by atoms with van der Waals surface area (Å²) in [6.07, 6.45) is 3.41. The van der Waals surface area contributed by atoms with Crippen LogP contribution < -0.4 is 5.48 Å². The van der Waals surface area contributed by atoms with Gasteiger partial charge >= 0.3 is 0 Å². The van der Waals surface area contributed by atoms with Crippen LogP contribution in [0.2, 0.25) is 0 Å². The minimum absolute atomic E-state index is 0.380. The highest BCUT2D eigenvalue weighted by Crippen LogP contribution is 2.43. The molecule has 3 rings (SSSR count). The maximum absolute atomic E-state index is 11.4. The number of nitrogens with zero attached hydrogens (tertiary/aromatic N) is 1. The second-order valence-corrected chi connectivity index (χ2v) is 5.77. The van der Waals surface area contributed by atoms with Gasteiger partial charge in [0.1, 0.15) is 0 Å². The van der Waals surface area contributed by atoms with E-state index in [1.54, 1.807) is 11.5 Å². The fraction of sp³-hybridized carbons (Fsp3) is 0.500. The summed E-state index contributed by atoms with van der Waals surface area (Å²) in [5.74, 6) is -0.428. The number of benzene rings is 1. The van der Waals surface area contributed by atoms with Crippen LogP contribution in [0.1, 0.15) is 27.9 Å². The highest BCUT2D eigenvalue weighted by atomic mass is 16.5. The Morgan fingerprint density at radius 2 is 2.17 bits per heavy atom. The Morgan fingerprint density at radius 3 is 2.83 bits per heavy atom. The molecule has 0 aromatic heterocycles. The Labute approximate surface area is 107 Å². The van der Waals surface area contributed by atoms with E-state index >= 15 is 0 Å². The molecular weight excluding hydrogens is 228 g/mol. The normalized spacial score (nSPS) is 26.6. The number of hydrogen-bond donors (Lipinski definition) is 2. The van der Waals surface area contributed by atoms with Crippen molar-refractivity contribution in [2.24, 2.45) is 5.41 Å². The molecule has 18 heavy (non-hydrogen) atoms. The number of hydrogen-bond acceptors (Lipinski definition) is 3. The first kappa shape index (κ1) is 11.7. The van der Waals surface area contributed by atoms with Crippen molar-refractivity contribution in [2.45, 2.75) is 19.3 Å². The van der Waals surface area contributed by atoms with Crippen LogP contribution in [0.5, 0.6) is 0 Å². The monoisotopic (exact) mass is 246 g/mol. The van der Waals surface area contributed by atoms with Crippen LogP contribution in [0.3, 0.4) is 0 Å². The van der Waals surface area contributed by atoms with Gasteiger partial charge in [-0.25, -0.2) is 5.48 Å². The van der Waals surface area contributed by atoms with Crippen LogP contribution in [0.25, 0.3) is 0 Å². The maximum Gasteiger partial charge on any atom is 0.274 e. The van der Waals surface area contributed by atoms with Crippen molar-refractivity contribution in [3.05, 3.63) is 34.9 Å². The molecule has 1 fully saturated rings. The molecule has 0 unspecified atom stereocenters. The number of rotatable bonds is 1. The Hall–Kier alpha value is -1.39. The largest absolute Gasteiger partial charge is 0.306 e. The Bertz CT molecular complexity index is 501. The predicted octanol–water partition coefficient (Wildman–Crippen LogP) is 1.23. The molecule has 96 valence electrons. The van der Waals surface area contributed by atoms with Gasteiger partial charge in [-0.05, 0) is 61.5 Å². The third-order valence-electron chi connectivity index (χ3n) is 4.33. The van der Waals surface area contributed by atoms with Gasteiger partial charge in [-0.1, -0.05) is 6.07 Å². The molecule has 1 atom stereocenters. The molecule has 2 aliphatic rings. The zero-order chi connectivity index (χ0) is 12.8. The quantitative estimate of drug-likeness (QED) is 0.579. The molecule has 4 heteroatoms. The van der Waals surface area contributed by atoms with Gasteiger partial charge < -0.3 is 4.90 Å². The number of fused-ring (bicyclic) bond motifs is 1. The molecule has 0 saturated carbocycles. The zero-order valence-electron chi connectivity index (χ0n) is 10.6. The van der Waals surface area contributed by atoms with E-state index in [-0.39, 0.29) is 0 Å². The fourth-order valence-electron chi connectivity index (χ4n) is 3.49. The van der Waals surface area contributed by atoms with E-state index in [1.165, 1.54) is 17.5 Å². The average Bonchev–Trinajstić information content (AvgIpc) is 2.90. The summed E-state index contributed by atoms with van der Waals surface area (Å²) >= 11 is 0. The van der Waals surface area contributed by atoms with E-state index in [2.05, 4.69) is 11.9 Å². The predicted molar refractivity (Wildman–Crippen MR) is 67.6 cm³/mol. The highest BCUT2D eigenvalue weighted by Gasteiger charge is 2.41. The number of nitrogens with one attached hydrogen (secondary N) is 1. The van der Waals surface area contributed by atoms with E-state index in [4.69, 9.17) is 5.21 Å². The van der Waals surface area contributed by atoms with Crippen molar-refractivity contribution in [3.63, 3.8) is 0 Å². The molecule has 1 spiro atoms. The van der Waals surface area contributed by atoms with Crippen LogP contribution in [-0.2, 0) is 12.8 Å². The third kappa shape index (κ3) is 1.82. The molecule has 1 aliphatic carbocycles. The van der Waals surface area contributed by atoms with Gasteiger partial charge in [0.25, 0.3) is 5.91 Å². The fourth-order valence-corrected chi connectivity index (χ4v) is 3.49. The number of hydroxylamine groups is 1. The molecule has 1 aromatic carbocycles. The summed E-state index contributed by atoms with van der Waals surface area (Å²) in [5, 5.41) is 8.67. The summed E-state index contributed by atoms with van der Waals surface area (Å²) in [5.41, 5.74) is 5.25. The number of likely N-dealkylation sites (tertiary alicyclic amines) is 1. The van der Waals surface area contributed by atoms with Crippen molar-refractivity contribution in [1.82, 2.24) is 10.4 Å². The van der Waals surface area contributed by atoms with Crippen LogP contribution in [-0.4, -0.2) is 36.2 Å². The Kier molecular flexibility index (Phi) is 2.64. The number of amides is 1.